The minimum absolute atomic E-state index is 0.664. The fourth-order valence-electron chi connectivity index (χ4n) is 1.25. The van der Waals surface area contributed by atoms with E-state index in [1.807, 2.05) is 20.8 Å². The molecule has 0 atom stereocenters. The summed E-state index contributed by atoms with van der Waals surface area (Å²) in [6.45, 7) is 10.1. The first-order valence-corrected chi connectivity index (χ1v) is 7.29. The summed E-state index contributed by atoms with van der Waals surface area (Å²) in [6.07, 6.45) is 3.17. The molecule has 0 radical (unpaired) electrons. The third-order valence-electron chi connectivity index (χ3n) is 1.76. The summed E-state index contributed by atoms with van der Waals surface area (Å²) in [6, 6.07) is 0. The van der Waals surface area contributed by atoms with E-state index in [1.54, 1.807) is 0 Å². The summed E-state index contributed by atoms with van der Waals surface area (Å²) < 4.78 is 17.0. The molecule has 0 saturated carbocycles. The van der Waals surface area contributed by atoms with Crippen molar-refractivity contribution in [2.24, 2.45) is 0 Å². The number of hydrogen-bond donors (Lipinski definition) is 0. The fourth-order valence-corrected chi connectivity index (χ4v) is 3.74. The summed E-state index contributed by atoms with van der Waals surface area (Å²) in [4.78, 5) is 0. The molecule has 0 aromatic heterocycles. The van der Waals surface area contributed by atoms with Crippen LogP contribution in [-0.4, -0.2) is 26.0 Å². The van der Waals surface area contributed by atoms with Gasteiger partial charge < -0.3 is 0 Å². The molecule has 0 aromatic carbocycles. The lowest BCUT2D eigenvalue weighted by molar-refractivity contribution is 0.150. The molecule has 3 nitrogen and oxygen atoms in total. The monoisotopic (exact) mass is 223 g/mol. The normalized spacial score (nSPS) is 12.0. The highest BCUT2D eigenvalue weighted by atomic mass is 31.2. The third kappa shape index (κ3) is 5.26. The highest BCUT2D eigenvalue weighted by molar-refractivity contribution is 7.61. The SMILES string of the molecule is CCCC[P+](OCC)(OCC)OCC. The van der Waals surface area contributed by atoms with Crippen molar-refractivity contribution in [2.45, 2.75) is 40.5 Å². The predicted octanol–water partition coefficient (Wildman–Crippen LogP) is 3.66. The van der Waals surface area contributed by atoms with Crippen LogP contribution in [0.1, 0.15) is 40.5 Å². The predicted molar refractivity (Wildman–Crippen MR) is 61.6 cm³/mol. The molecule has 0 rings (SSSR count). The molecule has 0 spiro atoms. The Balaban J connectivity index is 4.21. The van der Waals surface area contributed by atoms with Crippen LogP contribution in [0.15, 0.2) is 0 Å². The van der Waals surface area contributed by atoms with Gasteiger partial charge in [0.1, 0.15) is 6.16 Å². The number of unbranched alkanes of at least 4 members (excludes halogenated alkanes) is 1. The quantitative estimate of drug-likeness (QED) is 0.558. The van der Waals surface area contributed by atoms with E-state index in [-0.39, 0.29) is 0 Å². The Labute approximate surface area is 88.7 Å². The van der Waals surface area contributed by atoms with Gasteiger partial charge in [-0.25, -0.2) is 0 Å². The van der Waals surface area contributed by atoms with Gasteiger partial charge in [0, 0.05) is 0 Å². The second kappa shape index (κ2) is 8.60. The second-order valence-corrected chi connectivity index (χ2v) is 5.39. The van der Waals surface area contributed by atoms with Crippen molar-refractivity contribution in [3.05, 3.63) is 0 Å². The molecule has 0 bridgehead atoms. The van der Waals surface area contributed by atoms with Gasteiger partial charge >= 0.3 is 7.94 Å². The maximum absolute atomic E-state index is 5.68. The largest absolute Gasteiger partial charge is 0.411 e. The number of rotatable bonds is 9. The summed E-state index contributed by atoms with van der Waals surface area (Å²) in [7, 11) is -2.01. The first kappa shape index (κ1) is 14.3. The van der Waals surface area contributed by atoms with E-state index in [0.29, 0.717) is 19.8 Å². The van der Waals surface area contributed by atoms with Gasteiger partial charge in [-0.2, -0.15) is 13.6 Å². The minimum Gasteiger partial charge on any atom is -0.178 e. The second-order valence-electron chi connectivity index (χ2n) is 2.94. The van der Waals surface area contributed by atoms with E-state index in [1.165, 1.54) is 0 Å². The molecule has 0 N–H and O–H groups in total. The van der Waals surface area contributed by atoms with Gasteiger partial charge in [0.2, 0.25) is 0 Å². The van der Waals surface area contributed by atoms with Gasteiger partial charge in [0.15, 0.2) is 0 Å². The van der Waals surface area contributed by atoms with E-state index in [2.05, 4.69) is 6.92 Å². The zero-order valence-corrected chi connectivity index (χ0v) is 10.8. The summed E-state index contributed by atoms with van der Waals surface area (Å²) in [5, 5.41) is 0. The van der Waals surface area contributed by atoms with Gasteiger partial charge in [-0.05, 0) is 27.2 Å². The first-order chi connectivity index (χ1) is 6.74. The molecule has 0 heterocycles. The molecular formula is C10H24O3P+. The minimum atomic E-state index is -2.01. The van der Waals surface area contributed by atoms with Gasteiger partial charge in [-0.1, -0.05) is 13.3 Å². The van der Waals surface area contributed by atoms with Crippen LogP contribution in [0.2, 0.25) is 0 Å². The zero-order valence-electron chi connectivity index (χ0n) is 9.91. The number of hydrogen-bond acceptors (Lipinski definition) is 3. The van der Waals surface area contributed by atoms with Crippen molar-refractivity contribution in [1.82, 2.24) is 0 Å². The van der Waals surface area contributed by atoms with E-state index in [0.717, 1.165) is 19.0 Å². The molecule has 86 valence electrons. The first-order valence-electron chi connectivity index (χ1n) is 5.56. The van der Waals surface area contributed by atoms with Crippen LogP contribution in [0.3, 0.4) is 0 Å². The average molecular weight is 223 g/mol. The van der Waals surface area contributed by atoms with Crippen molar-refractivity contribution in [3.8, 4) is 0 Å². The molecule has 14 heavy (non-hydrogen) atoms. The van der Waals surface area contributed by atoms with E-state index in [9.17, 15) is 0 Å². The van der Waals surface area contributed by atoms with Crippen molar-refractivity contribution in [3.63, 3.8) is 0 Å². The van der Waals surface area contributed by atoms with Crippen LogP contribution in [0.25, 0.3) is 0 Å². The van der Waals surface area contributed by atoms with Gasteiger partial charge in [0.05, 0.1) is 19.8 Å². The highest BCUT2D eigenvalue weighted by Crippen LogP contribution is 2.62. The highest BCUT2D eigenvalue weighted by Gasteiger charge is 2.43. The van der Waals surface area contributed by atoms with Crippen LogP contribution in [0, 0.1) is 0 Å². The summed E-state index contributed by atoms with van der Waals surface area (Å²) >= 11 is 0. The third-order valence-corrected chi connectivity index (χ3v) is 4.58. The smallest absolute Gasteiger partial charge is 0.178 e. The maximum Gasteiger partial charge on any atom is 0.411 e. The molecule has 0 aliphatic heterocycles. The molecule has 0 saturated heterocycles. The lowest BCUT2D eigenvalue weighted by Gasteiger charge is -2.20. The molecule has 4 heteroatoms. The Kier molecular flexibility index (Phi) is 8.80. The Morgan fingerprint density at radius 2 is 1.21 bits per heavy atom. The Morgan fingerprint density at radius 1 is 0.786 bits per heavy atom. The van der Waals surface area contributed by atoms with Crippen LogP contribution < -0.4 is 0 Å². The lowest BCUT2D eigenvalue weighted by atomic mass is 10.4. The van der Waals surface area contributed by atoms with Crippen LogP contribution >= 0.6 is 7.94 Å². The van der Waals surface area contributed by atoms with Gasteiger partial charge in [0.25, 0.3) is 0 Å². The standard InChI is InChI=1S/C10H24O3P/c1-5-9-10-14(11-6-2,12-7-3)13-8-4/h5-10H2,1-4H3/q+1. The zero-order chi connectivity index (χ0) is 10.9. The Hall–Kier alpha value is 0.310. The molecule has 0 aliphatic rings. The van der Waals surface area contributed by atoms with E-state index in [4.69, 9.17) is 13.6 Å². The molecule has 0 fully saturated rings. The van der Waals surface area contributed by atoms with Crippen molar-refractivity contribution in [2.75, 3.05) is 26.0 Å². The van der Waals surface area contributed by atoms with Crippen molar-refractivity contribution < 1.29 is 13.6 Å². The van der Waals surface area contributed by atoms with Crippen LogP contribution in [-0.2, 0) is 13.6 Å². The average Bonchev–Trinajstić information content (AvgIpc) is 2.16. The van der Waals surface area contributed by atoms with Crippen LogP contribution in [0.5, 0.6) is 0 Å². The van der Waals surface area contributed by atoms with Gasteiger partial charge in [-0.3, -0.25) is 0 Å². The summed E-state index contributed by atoms with van der Waals surface area (Å²) in [5.41, 5.74) is 0. The maximum atomic E-state index is 5.68. The summed E-state index contributed by atoms with van der Waals surface area (Å²) in [5.74, 6) is 0. The molecule has 0 amide bonds. The molecule has 0 unspecified atom stereocenters. The topological polar surface area (TPSA) is 27.7 Å². The van der Waals surface area contributed by atoms with Crippen LogP contribution in [0.4, 0.5) is 0 Å². The fraction of sp³-hybridized carbons (Fsp3) is 1.00. The molecule has 0 aromatic rings. The molecule has 0 aliphatic carbocycles. The van der Waals surface area contributed by atoms with E-state index >= 15 is 0 Å². The van der Waals surface area contributed by atoms with Crippen molar-refractivity contribution in [1.29, 1.82) is 0 Å². The Morgan fingerprint density at radius 3 is 1.50 bits per heavy atom. The lowest BCUT2D eigenvalue weighted by Crippen LogP contribution is -2.11. The molecular weight excluding hydrogens is 199 g/mol. The Bertz CT molecular complexity index is 114. The van der Waals surface area contributed by atoms with E-state index < -0.39 is 7.94 Å². The van der Waals surface area contributed by atoms with Crippen molar-refractivity contribution >= 4 is 7.94 Å². The van der Waals surface area contributed by atoms with Gasteiger partial charge in [-0.15, -0.1) is 0 Å².